The van der Waals surface area contributed by atoms with Gasteiger partial charge >= 0.3 is 6.03 Å². The van der Waals surface area contributed by atoms with Crippen molar-refractivity contribution in [1.29, 1.82) is 0 Å². The van der Waals surface area contributed by atoms with Crippen LogP contribution < -0.4 is 16.0 Å². The number of rotatable bonds is 7. The van der Waals surface area contributed by atoms with Gasteiger partial charge in [0, 0.05) is 41.2 Å². The van der Waals surface area contributed by atoms with Crippen molar-refractivity contribution < 1.29 is 9.59 Å². The summed E-state index contributed by atoms with van der Waals surface area (Å²) in [5.74, 6) is -0.204. The Morgan fingerprint density at radius 3 is 2.18 bits per heavy atom. The zero-order valence-corrected chi connectivity index (χ0v) is 19.2. The van der Waals surface area contributed by atoms with Crippen LogP contribution in [0, 0.1) is 0 Å². The summed E-state index contributed by atoms with van der Waals surface area (Å²) in [4.78, 5) is 24.6. The molecule has 4 aromatic rings. The lowest BCUT2D eigenvalue weighted by molar-refractivity contribution is 0.0951. The lowest BCUT2D eigenvalue weighted by Crippen LogP contribution is -2.34. The molecule has 3 amide bonds. The highest BCUT2D eigenvalue weighted by atomic mass is 16.2. The quantitative estimate of drug-likeness (QED) is 0.368. The first-order valence-electron chi connectivity index (χ1n) is 11.1. The van der Waals surface area contributed by atoms with Crippen LogP contribution >= 0.6 is 0 Å². The van der Waals surface area contributed by atoms with E-state index in [0.29, 0.717) is 17.8 Å². The maximum atomic E-state index is 12.8. The highest BCUT2D eigenvalue weighted by Crippen LogP contribution is 2.23. The fraction of sp³-hybridized carbons (Fsp3) is 0.148. The van der Waals surface area contributed by atoms with Crippen LogP contribution in [0.5, 0.6) is 0 Å². The first-order chi connectivity index (χ1) is 16.5. The molecular weight excluding hydrogens is 426 g/mol. The summed E-state index contributed by atoms with van der Waals surface area (Å²) in [7, 11) is 0. The molecule has 0 fully saturated rings. The van der Waals surface area contributed by atoms with Crippen LogP contribution in [-0.2, 0) is 6.54 Å². The fourth-order valence-corrected chi connectivity index (χ4v) is 3.50. The first-order valence-corrected chi connectivity index (χ1v) is 11.1. The van der Waals surface area contributed by atoms with E-state index in [2.05, 4.69) is 16.0 Å². The number of carbonyl (C=O) groups excluding carboxylic acids is 2. The fourth-order valence-electron chi connectivity index (χ4n) is 3.50. The number of hydrogen-bond acceptors (Lipinski definition) is 3. The Hall–Kier alpha value is -4.39. The molecule has 7 heteroatoms. The van der Waals surface area contributed by atoms with E-state index in [1.165, 1.54) is 0 Å². The summed E-state index contributed by atoms with van der Waals surface area (Å²) in [6, 6.07) is 26.3. The van der Waals surface area contributed by atoms with Gasteiger partial charge in [-0.3, -0.25) is 4.79 Å². The van der Waals surface area contributed by atoms with Crippen molar-refractivity contribution in [1.82, 2.24) is 20.4 Å². The van der Waals surface area contributed by atoms with Crippen LogP contribution in [0.15, 0.2) is 91.1 Å². The number of para-hydroxylation sites is 1. The van der Waals surface area contributed by atoms with Gasteiger partial charge in [0.15, 0.2) is 0 Å². The second kappa shape index (κ2) is 10.5. The van der Waals surface area contributed by atoms with Crippen molar-refractivity contribution in [3.63, 3.8) is 0 Å². The Balaban J connectivity index is 1.48. The topological polar surface area (TPSA) is 88.0 Å². The largest absolute Gasteiger partial charge is 0.348 e. The highest BCUT2D eigenvalue weighted by molar-refractivity contribution is 5.95. The maximum absolute atomic E-state index is 12.8. The smallest absolute Gasteiger partial charge is 0.319 e. The molecule has 0 unspecified atom stereocenters. The normalized spacial score (nSPS) is 10.7. The number of aromatic nitrogens is 2. The van der Waals surface area contributed by atoms with Gasteiger partial charge in [-0.15, -0.1) is 0 Å². The number of amides is 3. The zero-order valence-electron chi connectivity index (χ0n) is 19.2. The highest BCUT2D eigenvalue weighted by Gasteiger charge is 2.14. The van der Waals surface area contributed by atoms with E-state index in [1.54, 1.807) is 24.3 Å². The van der Waals surface area contributed by atoms with Crippen molar-refractivity contribution in [3.05, 3.63) is 102 Å². The number of carbonyl (C=O) groups is 2. The molecule has 1 heterocycles. The van der Waals surface area contributed by atoms with Gasteiger partial charge in [0.1, 0.15) is 0 Å². The molecule has 0 saturated carbocycles. The molecule has 172 valence electrons. The third-order valence-corrected chi connectivity index (χ3v) is 5.12. The van der Waals surface area contributed by atoms with Crippen LogP contribution in [0.25, 0.3) is 16.9 Å². The third kappa shape index (κ3) is 5.69. The Morgan fingerprint density at radius 1 is 0.882 bits per heavy atom. The molecule has 3 aromatic carbocycles. The van der Waals surface area contributed by atoms with Crippen molar-refractivity contribution in [2.24, 2.45) is 0 Å². The van der Waals surface area contributed by atoms with E-state index in [4.69, 9.17) is 5.10 Å². The molecule has 3 N–H and O–H groups in total. The van der Waals surface area contributed by atoms with Crippen molar-refractivity contribution >= 4 is 17.6 Å². The van der Waals surface area contributed by atoms with Crippen LogP contribution in [0.1, 0.15) is 29.8 Å². The van der Waals surface area contributed by atoms with Crippen molar-refractivity contribution in [2.75, 3.05) is 5.32 Å². The average Bonchev–Trinajstić information content (AvgIpc) is 3.28. The summed E-state index contributed by atoms with van der Waals surface area (Å²) >= 11 is 0. The van der Waals surface area contributed by atoms with Gasteiger partial charge in [-0.25, -0.2) is 9.48 Å². The van der Waals surface area contributed by atoms with E-state index < -0.39 is 0 Å². The van der Waals surface area contributed by atoms with Crippen molar-refractivity contribution in [3.8, 4) is 16.9 Å². The van der Waals surface area contributed by atoms with Gasteiger partial charge in [0.2, 0.25) is 0 Å². The second-order valence-electron chi connectivity index (χ2n) is 8.16. The minimum absolute atomic E-state index is 0.0390. The minimum Gasteiger partial charge on any atom is -0.348 e. The average molecular weight is 454 g/mol. The molecule has 4 rings (SSSR count). The van der Waals surface area contributed by atoms with Gasteiger partial charge in [-0.2, -0.15) is 5.10 Å². The molecule has 0 aliphatic rings. The molecule has 0 spiro atoms. The number of anilines is 1. The molecule has 1 aromatic heterocycles. The van der Waals surface area contributed by atoms with Gasteiger partial charge < -0.3 is 16.0 Å². The maximum Gasteiger partial charge on any atom is 0.319 e. The van der Waals surface area contributed by atoms with Crippen LogP contribution in [0.3, 0.4) is 0 Å². The van der Waals surface area contributed by atoms with Crippen molar-refractivity contribution in [2.45, 2.75) is 26.4 Å². The Labute approximate surface area is 198 Å². The second-order valence-corrected chi connectivity index (χ2v) is 8.16. The summed E-state index contributed by atoms with van der Waals surface area (Å²) in [6.45, 7) is 4.10. The van der Waals surface area contributed by atoms with Gasteiger partial charge in [-0.05, 0) is 50.2 Å². The summed E-state index contributed by atoms with van der Waals surface area (Å²) in [5.41, 5.74) is 4.78. The molecule has 0 bridgehead atoms. The number of nitrogens with zero attached hydrogens (tertiary/aromatic N) is 2. The van der Waals surface area contributed by atoms with Gasteiger partial charge in [0.25, 0.3) is 5.91 Å². The standard InChI is InChI=1S/C27H27N5O2/c1-19(2)29-27(34)30-23-15-13-21(14-16-23)26(33)28-17-22-18-32(24-11-7-4-8-12-24)31-25(22)20-9-5-3-6-10-20/h3-16,18-19H,17H2,1-2H3,(H,28,33)(H2,29,30,34). The molecule has 0 atom stereocenters. The number of hydrogen-bond donors (Lipinski definition) is 3. The lowest BCUT2D eigenvalue weighted by atomic mass is 10.1. The van der Waals surface area contributed by atoms with E-state index >= 15 is 0 Å². The lowest BCUT2D eigenvalue weighted by Gasteiger charge is -2.10. The molecule has 34 heavy (non-hydrogen) atoms. The summed E-state index contributed by atoms with van der Waals surface area (Å²) in [5, 5.41) is 13.3. The number of benzene rings is 3. The van der Waals surface area contributed by atoms with Crippen LogP contribution in [-0.4, -0.2) is 27.8 Å². The Kier molecular flexibility index (Phi) is 7.03. The number of urea groups is 1. The van der Waals surface area contributed by atoms with E-state index in [9.17, 15) is 9.59 Å². The molecule has 7 nitrogen and oxygen atoms in total. The van der Waals surface area contributed by atoms with Gasteiger partial charge in [0.05, 0.1) is 11.4 Å². The molecular formula is C27H27N5O2. The summed E-state index contributed by atoms with van der Waals surface area (Å²) in [6.07, 6.45) is 1.94. The third-order valence-electron chi connectivity index (χ3n) is 5.12. The predicted octanol–water partition coefficient (Wildman–Crippen LogP) is 5.00. The Morgan fingerprint density at radius 2 is 1.53 bits per heavy atom. The van der Waals surface area contributed by atoms with E-state index in [0.717, 1.165) is 22.5 Å². The van der Waals surface area contributed by atoms with Crippen LogP contribution in [0.2, 0.25) is 0 Å². The molecule has 0 saturated heterocycles. The monoisotopic (exact) mass is 453 g/mol. The predicted molar refractivity (Wildman–Crippen MR) is 134 cm³/mol. The minimum atomic E-state index is -0.281. The first kappa shape index (κ1) is 22.8. The Bertz CT molecular complexity index is 1250. The van der Waals surface area contributed by atoms with Gasteiger partial charge in [-0.1, -0.05) is 48.5 Å². The zero-order chi connectivity index (χ0) is 23.9. The summed E-state index contributed by atoms with van der Waals surface area (Å²) < 4.78 is 1.83. The number of nitrogens with one attached hydrogen (secondary N) is 3. The van der Waals surface area contributed by atoms with E-state index in [1.807, 2.05) is 85.4 Å². The molecule has 0 radical (unpaired) electrons. The molecule has 0 aliphatic heterocycles. The van der Waals surface area contributed by atoms with E-state index in [-0.39, 0.29) is 18.0 Å². The molecule has 0 aliphatic carbocycles. The van der Waals surface area contributed by atoms with Crippen LogP contribution in [0.4, 0.5) is 10.5 Å². The SMILES string of the molecule is CC(C)NC(=O)Nc1ccc(C(=O)NCc2cn(-c3ccccc3)nc2-c2ccccc2)cc1.